The zero-order chi connectivity index (χ0) is 23.2. The summed E-state index contributed by atoms with van der Waals surface area (Å²) in [4.78, 5) is 0. The number of hydrogen-bond acceptors (Lipinski definition) is 0. The molecule has 0 saturated carbocycles. The molecule has 0 aliphatic heterocycles. The first-order chi connectivity index (χ1) is 12.9. The van der Waals surface area contributed by atoms with E-state index in [-0.39, 0.29) is 5.41 Å². The summed E-state index contributed by atoms with van der Waals surface area (Å²) in [5, 5.41) is 0. The quantitative estimate of drug-likeness (QED) is 0.361. The summed E-state index contributed by atoms with van der Waals surface area (Å²) >= 11 is 0. The minimum atomic E-state index is 0.0951. The molecule has 0 spiro atoms. The van der Waals surface area contributed by atoms with Gasteiger partial charge in [0.2, 0.25) is 0 Å². The third-order valence-electron chi connectivity index (χ3n) is 2.52. The molecule has 0 aliphatic carbocycles. The van der Waals surface area contributed by atoms with Crippen LogP contribution in [0.1, 0.15) is 80.4 Å². The molecule has 1 rings (SSSR count). The van der Waals surface area contributed by atoms with Crippen molar-refractivity contribution in [1.82, 2.24) is 0 Å². The van der Waals surface area contributed by atoms with E-state index in [1.165, 1.54) is 16.7 Å². The first-order valence-electron chi connectivity index (χ1n) is 9.84. The van der Waals surface area contributed by atoms with Crippen LogP contribution in [0.3, 0.4) is 0 Å². The van der Waals surface area contributed by atoms with E-state index in [0.29, 0.717) is 0 Å². The van der Waals surface area contributed by atoms with E-state index in [9.17, 15) is 0 Å². The van der Waals surface area contributed by atoms with Crippen molar-refractivity contribution in [2.45, 2.75) is 74.7 Å². The topological polar surface area (TPSA) is 0 Å². The average molecular weight is 383 g/mol. The first kappa shape index (κ1) is 33.3. The van der Waals surface area contributed by atoms with Crippen LogP contribution in [0.2, 0.25) is 0 Å². The first-order valence-corrected chi connectivity index (χ1v) is 9.84. The van der Waals surface area contributed by atoms with Crippen LogP contribution in [0.5, 0.6) is 0 Å². The van der Waals surface area contributed by atoms with Crippen molar-refractivity contribution >= 4 is 6.08 Å². The van der Waals surface area contributed by atoms with Crippen LogP contribution >= 0.6 is 0 Å². The largest absolute Gasteiger partial charge is 0.120 e. The van der Waals surface area contributed by atoms with Gasteiger partial charge in [-0.05, 0) is 51.7 Å². The molecule has 1 aromatic rings. The molecule has 0 atom stereocenters. The van der Waals surface area contributed by atoms with E-state index in [0.717, 1.165) is 5.92 Å². The van der Waals surface area contributed by atoms with Crippen LogP contribution in [0.4, 0.5) is 0 Å². The summed E-state index contributed by atoms with van der Waals surface area (Å²) in [5.74, 6) is 3.08. The number of hydrogen-bond donors (Lipinski definition) is 0. The monoisotopic (exact) mass is 382 g/mol. The van der Waals surface area contributed by atoms with Gasteiger partial charge >= 0.3 is 0 Å². The highest BCUT2D eigenvalue weighted by molar-refractivity contribution is 5.49. The molecule has 0 bridgehead atoms. The minimum absolute atomic E-state index is 0.0951. The van der Waals surface area contributed by atoms with E-state index in [1.807, 2.05) is 19.9 Å². The van der Waals surface area contributed by atoms with Crippen molar-refractivity contribution in [3.05, 3.63) is 78.9 Å². The Morgan fingerprint density at radius 2 is 1.39 bits per heavy atom. The zero-order valence-corrected chi connectivity index (χ0v) is 20.4. The summed E-state index contributed by atoms with van der Waals surface area (Å²) in [7, 11) is 0. The van der Waals surface area contributed by atoms with Gasteiger partial charge in [-0.1, -0.05) is 95.3 Å². The molecule has 28 heavy (non-hydrogen) atoms. The third-order valence-corrected chi connectivity index (χ3v) is 2.52. The molecule has 0 amide bonds. The molecule has 0 saturated heterocycles. The lowest BCUT2D eigenvalue weighted by molar-refractivity contribution is 0.664. The minimum Gasteiger partial charge on any atom is -0.120 e. The fraction of sp³-hybridized carbons (Fsp3) is 0.429. The fourth-order valence-corrected chi connectivity index (χ4v) is 1.87. The van der Waals surface area contributed by atoms with Gasteiger partial charge in [0, 0.05) is 5.41 Å². The number of allylic oxidation sites excluding steroid dienone is 4. The number of benzene rings is 1. The van der Waals surface area contributed by atoms with Crippen molar-refractivity contribution in [3.8, 4) is 12.3 Å². The highest BCUT2D eigenvalue weighted by Gasteiger charge is 2.17. The molecule has 0 heterocycles. The van der Waals surface area contributed by atoms with Crippen LogP contribution in [0, 0.1) is 18.3 Å². The molecule has 0 heteroatoms. The fourth-order valence-electron chi connectivity index (χ4n) is 1.87. The van der Waals surface area contributed by atoms with Crippen LogP contribution in [0.15, 0.2) is 67.8 Å². The standard InChI is InChI=1S/C15H20.C4H10.2C3H6.C3H4/c1-6-13-8-7-9-14(10-13)15(4,5)11-12(2)3;1-4(2)3;3*1-3-2/h6-11H,1H2,2-5H3;4H,1-3H3;2*3H,1H2,2H3;1H,2H3. The van der Waals surface area contributed by atoms with Crippen LogP contribution in [-0.4, -0.2) is 0 Å². The predicted molar refractivity (Wildman–Crippen MR) is 136 cm³/mol. The molecule has 0 nitrogen and oxygen atoms in total. The molecule has 0 radical (unpaired) electrons. The second kappa shape index (κ2) is 22.8. The molecule has 158 valence electrons. The molecular formula is C28H46. The summed E-state index contributed by atoms with van der Waals surface area (Å²) in [5.41, 5.74) is 3.96. The Kier molecular flexibility index (Phi) is 27.1. The Hall–Kier alpha value is -2.26. The molecule has 0 N–H and O–H groups in total. The molecule has 1 aromatic carbocycles. The summed E-state index contributed by atoms with van der Waals surface area (Å²) < 4.78 is 0. The third kappa shape index (κ3) is 28.5. The maximum absolute atomic E-state index is 4.60. The number of rotatable bonds is 3. The smallest absolute Gasteiger partial charge is 0.00779 e. The Balaban J connectivity index is -0.000000182. The highest BCUT2D eigenvalue weighted by atomic mass is 14.2. The van der Waals surface area contributed by atoms with Crippen molar-refractivity contribution in [2.75, 3.05) is 0 Å². The highest BCUT2D eigenvalue weighted by Crippen LogP contribution is 2.26. The van der Waals surface area contributed by atoms with E-state index in [4.69, 9.17) is 0 Å². The molecule has 0 aliphatic rings. The Morgan fingerprint density at radius 3 is 1.68 bits per heavy atom. The van der Waals surface area contributed by atoms with Gasteiger partial charge in [-0.15, -0.1) is 25.5 Å². The summed E-state index contributed by atoms with van der Waals surface area (Å²) in [6.07, 6.45) is 12.3. The van der Waals surface area contributed by atoms with Crippen LogP contribution in [0.25, 0.3) is 6.08 Å². The molecular weight excluding hydrogens is 336 g/mol. The van der Waals surface area contributed by atoms with Gasteiger partial charge in [0.25, 0.3) is 0 Å². The Morgan fingerprint density at radius 1 is 1.04 bits per heavy atom. The predicted octanol–water partition coefficient (Wildman–Crippen LogP) is 9.26. The SMILES string of the molecule is C#CC.C=CC.C=CC.C=Cc1cccc(C(C)(C)C=C(C)C)c1.CC(C)C. The average Bonchev–Trinajstić information content (AvgIpc) is 2.55. The van der Waals surface area contributed by atoms with Gasteiger partial charge in [0.15, 0.2) is 0 Å². The second-order valence-electron chi connectivity index (χ2n) is 7.61. The lowest BCUT2D eigenvalue weighted by atomic mass is 9.82. The van der Waals surface area contributed by atoms with Crippen LogP contribution < -0.4 is 0 Å². The summed E-state index contributed by atoms with van der Waals surface area (Å²) in [6.45, 7) is 31.2. The van der Waals surface area contributed by atoms with Crippen LogP contribution in [-0.2, 0) is 5.41 Å². The van der Waals surface area contributed by atoms with Crippen molar-refractivity contribution in [3.63, 3.8) is 0 Å². The normalized spacial score (nSPS) is 8.36. The van der Waals surface area contributed by atoms with Gasteiger partial charge in [0.05, 0.1) is 0 Å². The van der Waals surface area contributed by atoms with Gasteiger partial charge < -0.3 is 0 Å². The van der Waals surface area contributed by atoms with Crippen molar-refractivity contribution in [1.29, 1.82) is 0 Å². The lowest BCUT2D eigenvalue weighted by Crippen LogP contribution is -2.14. The van der Waals surface area contributed by atoms with Gasteiger partial charge in [-0.3, -0.25) is 0 Å². The van der Waals surface area contributed by atoms with E-state index >= 15 is 0 Å². The molecule has 0 aromatic heterocycles. The van der Waals surface area contributed by atoms with E-state index < -0.39 is 0 Å². The Bertz CT molecular complexity index is 562. The Labute approximate surface area is 178 Å². The van der Waals surface area contributed by atoms with E-state index in [2.05, 4.69) is 111 Å². The number of terminal acetylenes is 1. The maximum Gasteiger partial charge on any atom is 0.00779 e. The second-order valence-corrected chi connectivity index (χ2v) is 7.61. The van der Waals surface area contributed by atoms with Gasteiger partial charge in [-0.25, -0.2) is 0 Å². The molecule has 0 fully saturated rings. The van der Waals surface area contributed by atoms with Crippen molar-refractivity contribution in [2.24, 2.45) is 5.92 Å². The van der Waals surface area contributed by atoms with Gasteiger partial charge in [-0.2, -0.15) is 0 Å². The maximum atomic E-state index is 4.60. The zero-order valence-electron chi connectivity index (χ0n) is 20.4. The van der Waals surface area contributed by atoms with Crippen molar-refractivity contribution < 1.29 is 0 Å². The van der Waals surface area contributed by atoms with E-state index in [1.54, 1.807) is 19.1 Å². The molecule has 0 unspecified atom stereocenters. The summed E-state index contributed by atoms with van der Waals surface area (Å²) in [6, 6.07) is 8.54. The lowest BCUT2D eigenvalue weighted by Gasteiger charge is -2.22. The van der Waals surface area contributed by atoms with Gasteiger partial charge in [0.1, 0.15) is 0 Å².